The van der Waals surface area contributed by atoms with Gasteiger partial charge in [-0.25, -0.2) is 0 Å². The van der Waals surface area contributed by atoms with Crippen LogP contribution >= 0.6 is 0 Å². The summed E-state index contributed by atoms with van der Waals surface area (Å²) in [5.74, 6) is 0.661. The lowest BCUT2D eigenvalue weighted by Crippen LogP contribution is -2.50. The number of hydrogen-bond acceptors (Lipinski definition) is 3. The number of rotatable bonds is 10. The molecule has 29 heavy (non-hydrogen) atoms. The number of ether oxygens (including phenoxy) is 1. The normalized spacial score (nSPS) is 11.8. The Labute approximate surface area is 174 Å². The van der Waals surface area contributed by atoms with Gasteiger partial charge in [-0.15, -0.1) is 0 Å². The predicted octanol–water partition coefficient (Wildman–Crippen LogP) is 4.13. The van der Waals surface area contributed by atoms with Gasteiger partial charge in [0.1, 0.15) is 11.8 Å². The van der Waals surface area contributed by atoms with Gasteiger partial charge in [-0.2, -0.15) is 0 Å². The van der Waals surface area contributed by atoms with Crippen LogP contribution in [0.4, 0.5) is 0 Å². The van der Waals surface area contributed by atoms with Crippen LogP contribution in [0.15, 0.2) is 54.6 Å². The lowest BCUT2D eigenvalue weighted by Gasteiger charge is -2.30. The van der Waals surface area contributed by atoms with E-state index >= 15 is 0 Å². The van der Waals surface area contributed by atoms with E-state index in [9.17, 15) is 9.59 Å². The van der Waals surface area contributed by atoms with Gasteiger partial charge in [-0.05, 0) is 36.5 Å². The zero-order valence-electron chi connectivity index (χ0n) is 17.9. The summed E-state index contributed by atoms with van der Waals surface area (Å²) in [4.78, 5) is 27.3. The summed E-state index contributed by atoms with van der Waals surface area (Å²) in [6.45, 7) is 8.76. The van der Waals surface area contributed by atoms with E-state index in [0.29, 0.717) is 31.2 Å². The van der Waals surface area contributed by atoms with Crippen molar-refractivity contribution in [3.63, 3.8) is 0 Å². The van der Waals surface area contributed by atoms with Crippen LogP contribution in [-0.2, 0) is 16.1 Å². The molecule has 0 radical (unpaired) electrons. The molecule has 0 saturated heterocycles. The van der Waals surface area contributed by atoms with Crippen LogP contribution in [0.2, 0.25) is 0 Å². The van der Waals surface area contributed by atoms with Crippen LogP contribution in [-0.4, -0.2) is 35.9 Å². The Morgan fingerprint density at radius 1 is 1.00 bits per heavy atom. The molecule has 2 aromatic carbocycles. The molecular weight excluding hydrogens is 364 g/mol. The molecule has 0 unspecified atom stereocenters. The highest BCUT2D eigenvalue weighted by molar-refractivity contribution is 5.88. The molecule has 0 aliphatic carbocycles. The quantitative estimate of drug-likeness (QED) is 0.657. The smallest absolute Gasteiger partial charge is 0.261 e. The number of para-hydroxylation sites is 1. The molecule has 1 N–H and O–H groups in total. The maximum absolute atomic E-state index is 13.1. The van der Waals surface area contributed by atoms with Crippen molar-refractivity contribution in [2.45, 2.75) is 52.6 Å². The van der Waals surface area contributed by atoms with Crippen LogP contribution in [0, 0.1) is 0 Å². The van der Waals surface area contributed by atoms with Crippen molar-refractivity contribution in [1.29, 1.82) is 0 Å². The molecule has 0 fully saturated rings. The van der Waals surface area contributed by atoms with Crippen LogP contribution in [0.1, 0.15) is 51.2 Å². The van der Waals surface area contributed by atoms with Gasteiger partial charge in [0, 0.05) is 13.1 Å². The molecule has 2 rings (SSSR count). The zero-order valence-corrected chi connectivity index (χ0v) is 17.9. The van der Waals surface area contributed by atoms with Crippen molar-refractivity contribution in [2.24, 2.45) is 0 Å². The Balaban J connectivity index is 2.20. The van der Waals surface area contributed by atoms with Gasteiger partial charge in [0.2, 0.25) is 5.91 Å². The molecule has 0 aromatic heterocycles. The van der Waals surface area contributed by atoms with Crippen LogP contribution < -0.4 is 10.1 Å². The second-order valence-corrected chi connectivity index (χ2v) is 7.31. The number of carbonyl (C=O) groups is 2. The standard InChI is InChI=1S/C24H32N2O3/c1-5-21(24(28)25-6-2)26(16-19-12-8-7-9-13-19)23(27)17-29-22-15-11-10-14-20(22)18(3)4/h7-15,18,21H,5-6,16-17H2,1-4H3,(H,25,28)/t21-/m1/s1. The van der Waals surface area contributed by atoms with Gasteiger partial charge in [0.05, 0.1) is 0 Å². The fraction of sp³-hybridized carbons (Fsp3) is 0.417. The predicted molar refractivity (Wildman–Crippen MR) is 116 cm³/mol. The Bertz CT molecular complexity index is 790. The first-order chi connectivity index (χ1) is 14.0. The average Bonchev–Trinajstić information content (AvgIpc) is 2.73. The molecule has 0 bridgehead atoms. The number of nitrogens with one attached hydrogen (secondary N) is 1. The van der Waals surface area contributed by atoms with Crippen LogP contribution in [0.3, 0.4) is 0 Å². The number of carbonyl (C=O) groups excluding carboxylic acids is 2. The fourth-order valence-electron chi connectivity index (χ4n) is 3.30. The van der Waals surface area contributed by atoms with Crippen LogP contribution in [0.25, 0.3) is 0 Å². The maximum atomic E-state index is 13.1. The topological polar surface area (TPSA) is 58.6 Å². The molecule has 2 amide bonds. The van der Waals surface area contributed by atoms with Crippen molar-refractivity contribution >= 4 is 11.8 Å². The molecule has 0 aliphatic rings. The van der Waals surface area contributed by atoms with Gasteiger partial charge < -0.3 is 15.0 Å². The molecule has 0 spiro atoms. The van der Waals surface area contributed by atoms with E-state index in [1.54, 1.807) is 4.90 Å². The lowest BCUT2D eigenvalue weighted by molar-refractivity contribution is -0.142. The van der Waals surface area contributed by atoms with E-state index in [4.69, 9.17) is 4.74 Å². The molecule has 0 aliphatic heterocycles. The maximum Gasteiger partial charge on any atom is 0.261 e. The molecule has 156 valence electrons. The lowest BCUT2D eigenvalue weighted by atomic mass is 10.0. The molecule has 2 aromatic rings. The molecule has 1 atom stereocenters. The van der Waals surface area contributed by atoms with Gasteiger partial charge >= 0.3 is 0 Å². The second-order valence-electron chi connectivity index (χ2n) is 7.31. The first kappa shape index (κ1) is 22.5. The number of amides is 2. The van der Waals surface area contributed by atoms with E-state index in [1.807, 2.05) is 68.4 Å². The number of hydrogen-bond donors (Lipinski definition) is 1. The molecule has 0 saturated carbocycles. The Kier molecular flexibility index (Phi) is 8.71. The Hall–Kier alpha value is -2.82. The number of benzene rings is 2. The minimum atomic E-state index is -0.536. The first-order valence-corrected chi connectivity index (χ1v) is 10.3. The van der Waals surface area contributed by atoms with Gasteiger partial charge in [0.15, 0.2) is 6.61 Å². The van der Waals surface area contributed by atoms with E-state index in [2.05, 4.69) is 19.2 Å². The van der Waals surface area contributed by atoms with E-state index < -0.39 is 6.04 Å². The van der Waals surface area contributed by atoms with Gasteiger partial charge in [-0.1, -0.05) is 69.3 Å². The van der Waals surface area contributed by atoms with Crippen molar-refractivity contribution in [1.82, 2.24) is 10.2 Å². The number of likely N-dealkylation sites (N-methyl/N-ethyl adjacent to an activating group) is 1. The summed E-state index contributed by atoms with van der Waals surface area (Å²) in [6, 6.07) is 16.9. The van der Waals surface area contributed by atoms with Crippen LogP contribution in [0.5, 0.6) is 5.75 Å². The summed E-state index contributed by atoms with van der Waals surface area (Å²) in [7, 11) is 0. The first-order valence-electron chi connectivity index (χ1n) is 10.3. The van der Waals surface area contributed by atoms with Crippen molar-refractivity contribution in [2.75, 3.05) is 13.2 Å². The summed E-state index contributed by atoms with van der Waals surface area (Å²) in [5.41, 5.74) is 2.04. The van der Waals surface area contributed by atoms with Crippen molar-refractivity contribution in [3.05, 3.63) is 65.7 Å². The highest BCUT2D eigenvalue weighted by atomic mass is 16.5. The second kappa shape index (κ2) is 11.2. The highest BCUT2D eigenvalue weighted by Gasteiger charge is 2.28. The number of nitrogens with zero attached hydrogens (tertiary/aromatic N) is 1. The third kappa shape index (κ3) is 6.34. The minimum Gasteiger partial charge on any atom is -0.483 e. The molecule has 5 heteroatoms. The minimum absolute atomic E-state index is 0.105. The van der Waals surface area contributed by atoms with Gasteiger partial charge in [-0.3, -0.25) is 9.59 Å². The Morgan fingerprint density at radius 3 is 2.28 bits per heavy atom. The highest BCUT2D eigenvalue weighted by Crippen LogP contribution is 2.26. The van der Waals surface area contributed by atoms with E-state index in [0.717, 1.165) is 11.1 Å². The fourth-order valence-corrected chi connectivity index (χ4v) is 3.30. The molecule has 5 nitrogen and oxygen atoms in total. The van der Waals surface area contributed by atoms with E-state index in [1.165, 1.54) is 0 Å². The SMILES string of the molecule is CCNC(=O)[C@@H](CC)N(Cc1ccccc1)C(=O)COc1ccccc1C(C)C. The largest absolute Gasteiger partial charge is 0.483 e. The van der Waals surface area contributed by atoms with Gasteiger partial charge in [0.25, 0.3) is 5.91 Å². The van der Waals surface area contributed by atoms with E-state index in [-0.39, 0.29) is 18.4 Å². The zero-order chi connectivity index (χ0) is 21.2. The van der Waals surface area contributed by atoms with Crippen molar-refractivity contribution < 1.29 is 14.3 Å². The third-order valence-electron chi connectivity index (χ3n) is 4.82. The summed E-state index contributed by atoms with van der Waals surface area (Å²) >= 11 is 0. The molecular formula is C24H32N2O3. The Morgan fingerprint density at radius 2 is 1.66 bits per heavy atom. The average molecular weight is 397 g/mol. The third-order valence-corrected chi connectivity index (χ3v) is 4.82. The molecule has 0 heterocycles. The summed E-state index contributed by atoms with van der Waals surface area (Å²) < 4.78 is 5.89. The summed E-state index contributed by atoms with van der Waals surface area (Å²) in [5, 5.41) is 2.84. The van der Waals surface area contributed by atoms with Crippen molar-refractivity contribution in [3.8, 4) is 5.75 Å². The monoisotopic (exact) mass is 396 g/mol. The summed E-state index contributed by atoms with van der Waals surface area (Å²) in [6.07, 6.45) is 0.535.